The van der Waals surface area contributed by atoms with E-state index in [4.69, 9.17) is 0 Å². The fourth-order valence-electron chi connectivity index (χ4n) is 1.01. The number of esters is 1. The monoisotopic (exact) mass is 237 g/mol. The molecular weight excluding hydrogens is 229 g/mol. The Morgan fingerprint density at radius 2 is 2.29 bits per heavy atom. The molecule has 0 aromatic heterocycles. The summed E-state index contributed by atoms with van der Waals surface area (Å²) < 4.78 is 17.7. The van der Waals surface area contributed by atoms with Crippen molar-refractivity contribution in [1.29, 1.82) is 0 Å². The predicted molar refractivity (Wildman–Crippen MR) is 56.6 cm³/mol. The number of benzene rings is 1. The number of carbonyl (C=O) groups excluding carboxylic acids is 1. The molecular formula is C11H8FNO4. The zero-order chi connectivity index (χ0) is 12.8. The fourth-order valence-corrected chi connectivity index (χ4v) is 1.01. The lowest BCUT2D eigenvalue weighted by atomic mass is 10.2. The Bertz CT molecular complexity index is 516. The van der Waals surface area contributed by atoms with Crippen molar-refractivity contribution in [3.63, 3.8) is 0 Å². The van der Waals surface area contributed by atoms with E-state index in [1.807, 2.05) is 5.92 Å². The van der Waals surface area contributed by atoms with Gasteiger partial charge in [-0.1, -0.05) is 5.92 Å². The van der Waals surface area contributed by atoms with Gasteiger partial charge < -0.3 is 4.74 Å². The zero-order valence-corrected chi connectivity index (χ0v) is 8.90. The summed E-state index contributed by atoms with van der Waals surface area (Å²) in [5.74, 6) is 2.69. The lowest BCUT2D eigenvalue weighted by Gasteiger charge is -1.95. The molecule has 0 fully saturated rings. The van der Waals surface area contributed by atoms with Crippen LogP contribution >= 0.6 is 0 Å². The van der Waals surface area contributed by atoms with Gasteiger partial charge in [0.15, 0.2) is 0 Å². The Hall–Kier alpha value is -2.42. The number of hydrogen-bond acceptors (Lipinski definition) is 4. The van der Waals surface area contributed by atoms with Crippen molar-refractivity contribution >= 4 is 11.7 Å². The van der Waals surface area contributed by atoms with Crippen LogP contribution in [0, 0.1) is 27.8 Å². The van der Waals surface area contributed by atoms with E-state index in [1.165, 1.54) is 0 Å². The van der Waals surface area contributed by atoms with E-state index in [-0.39, 0.29) is 17.9 Å². The second-order valence-corrected chi connectivity index (χ2v) is 2.89. The molecule has 0 unspecified atom stereocenters. The first-order valence-electron chi connectivity index (χ1n) is 4.67. The Kier molecular flexibility index (Phi) is 4.17. The standard InChI is InChI=1S/C11H8FNO4/c1-2-17-11(14)6-3-8-7-9(13(15)16)4-5-10(8)12/h4-5,7H,2H2,1H3. The molecule has 0 amide bonds. The van der Waals surface area contributed by atoms with Crippen LogP contribution in [0.3, 0.4) is 0 Å². The molecule has 1 rings (SSSR count). The summed E-state index contributed by atoms with van der Waals surface area (Å²) >= 11 is 0. The summed E-state index contributed by atoms with van der Waals surface area (Å²) in [5.41, 5.74) is -0.508. The van der Waals surface area contributed by atoms with Gasteiger partial charge in [0.1, 0.15) is 5.82 Å². The Morgan fingerprint density at radius 3 is 2.88 bits per heavy atom. The lowest BCUT2D eigenvalue weighted by Crippen LogP contribution is -2.00. The Labute approximate surface area is 96.3 Å². The number of hydrogen-bond donors (Lipinski definition) is 0. The number of nitro groups is 1. The van der Waals surface area contributed by atoms with Crippen molar-refractivity contribution in [2.75, 3.05) is 6.61 Å². The molecule has 6 heteroatoms. The third-order valence-corrected chi connectivity index (χ3v) is 1.74. The Morgan fingerprint density at radius 1 is 1.59 bits per heavy atom. The van der Waals surface area contributed by atoms with Crippen LogP contribution in [-0.4, -0.2) is 17.5 Å². The third-order valence-electron chi connectivity index (χ3n) is 1.74. The maximum Gasteiger partial charge on any atom is 0.384 e. The van der Waals surface area contributed by atoms with Gasteiger partial charge in [0.2, 0.25) is 0 Å². The molecule has 0 aliphatic carbocycles. The Balaban J connectivity index is 3.01. The van der Waals surface area contributed by atoms with Crippen molar-refractivity contribution in [3.05, 3.63) is 39.7 Å². The van der Waals surface area contributed by atoms with Crippen LogP contribution in [0.1, 0.15) is 12.5 Å². The molecule has 0 spiro atoms. The highest BCUT2D eigenvalue weighted by Crippen LogP contribution is 2.15. The van der Waals surface area contributed by atoms with Crippen LogP contribution in [-0.2, 0) is 9.53 Å². The molecule has 17 heavy (non-hydrogen) atoms. The molecule has 88 valence electrons. The molecule has 0 saturated heterocycles. The molecule has 1 aromatic carbocycles. The molecule has 0 saturated carbocycles. The van der Waals surface area contributed by atoms with Crippen molar-refractivity contribution in [2.24, 2.45) is 0 Å². The highest BCUT2D eigenvalue weighted by atomic mass is 19.1. The number of nitrogens with zero attached hydrogens (tertiary/aromatic N) is 1. The van der Waals surface area contributed by atoms with Crippen LogP contribution in [0.5, 0.6) is 0 Å². The minimum absolute atomic E-state index is 0.158. The summed E-state index contributed by atoms with van der Waals surface area (Å²) in [6.45, 7) is 1.76. The van der Waals surface area contributed by atoms with Crippen LogP contribution < -0.4 is 0 Å². The van der Waals surface area contributed by atoms with Crippen molar-refractivity contribution < 1.29 is 18.8 Å². The van der Waals surface area contributed by atoms with Crippen LogP contribution in [0.4, 0.5) is 10.1 Å². The first-order valence-corrected chi connectivity index (χ1v) is 4.67. The number of carbonyl (C=O) groups is 1. The van der Waals surface area contributed by atoms with Gasteiger partial charge in [-0.2, -0.15) is 0 Å². The predicted octanol–water partition coefficient (Wildman–Crippen LogP) is 1.65. The first kappa shape index (κ1) is 12.6. The summed E-state index contributed by atoms with van der Waals surface area (Å²) in [5, 5.41) is 10.4. The second kappa shape index (κ2) is 5.61. The van der Waals surface area contributed by atoms with Gasteiger partial charge >= 0.3 is 5.97 Å². The molecule has 0 N–H and O–H groups in total. The summed E-state index contributed by atoms with van der Waals surface area (Å²) in [4.78, 5) is 20.7. The quantitative estimate of drug-likeness (QED) is 0.339. The first-order chi connectivity index (χ1) is 8.04. The average molecular weight is 237 g/mol. The van der Waals surface area contributed by atoms with Crippen molar-refractivity contribution in [3.8, 4) is 11.8 Å². The van der Waals surface area contributed by atoms with Crippen molar-refractivity contribution in [1.82, 2.24) is 0 Å². The second-order valence-electron chi connectivity index (χ2n) is 2.89. The van der Waals surface area contributed by atoms with Crippen LogP contribution in [0.2, 0.25) is 0 Å². The van der Waals surface area contributed by atoms with Gasteiger partial charge in [-0.25, -0.2) is 9.18 Å². The van der Waals surface area contributed by atoms with Crippen molar-refractivity contribution in [2.45, 2.75) is 6.92 Å². The van der Waals surface area contributed by atoms with Gasteiger partial charge in [0.25, 0.3) is 5.69 Å². The topological polar surface area (TPSA) is 69.4 Å². The number of rotatable bonds is 2. The molecule has 5 nitrogen and oxygen atoms in total. The zero-order valence-electron chi connectivity index (χ0n) is 8.90. The van der Waals surface area contributed by atoms with E-state index in [1.54, 1.807) is 6.92 Å². The number of halogens is 1. The van der Waals surface area contributed by atoms with Crippen LogP contribution in [0.15, 0.2) is 18.2 Å². The van der Waals surface area contributed by atoms with E-state index >= 15 is 0 Å². The number of non-ortho nitro benzene ring substituents is 1. The molecule has 0 radical (unpaired) electrons. The van der Waals surface area contributed by atoms with Gasteiger partial charge in [-0.3, -0.25) is 10.1 Å². The van der Waals surface area contributed by atoms with Gasteiger partial charge in [0.05, 0.1) is 17.1 Å². The van der Waals surface area contributed by atoms with E-state index in [2.05, 4.69) is 10.7 Å². The van der Waals surface area contributed by atoms with Gasteiger partial charge in [-0.15, -0.1) is 0 Å². The smallest absolute Gasteiger partial charge is 0.384 e. The SMILES string of the molecule is CCOC(=O)C#Cc1cc([N+](=O)[O-])ccc1F. The van der Waals surface area contributed by atoms with Gasteiger partial charge in [0, 0.05) is 18.1 Å². The molecule has 0 aliphatic heterocycles. The molecule has 0 atom stereocenters. The third kappa shape index (κ3) is 3.57. The van der Waals surface area contributed by atoms with Crippen LogP contribution in [0.25, 0.3) is 0 Å². The molecule has 0 heterocycles. The minimum atomic E-state index is -0.807. The largest absolute Gasteiger partial charge is 0.456 e. The maximum absolute atomic E-state index is 13.2. The lowest BCUT2D eigenvalue weighted by molar-refractivity contribution is -0.384. The van der Waals surface area contributed by atoms with E-state index in [0.29, 0.717) is 0 Å². The summed E-state index contributed by atoms with van der Waals surface area (Å²) in [6.07, 6.45) is 0. The molecule has 1 aromatic rings. The van der Waals surface area contributed by atoms with E-state index < -0.39 is 16.7 Å². The van der Waals surface area contributed by atoms with E-state index in [9.17, 15) is 19.3 Å². The minimum Gasteiger partial charge on any atom is -0.456 e. The molecule has 0 bridgehead atoms. The molecule has 0 aliphatic rings. The van der Waals surface area contributed by atoms with E-state index in [0.717, 1.165) is 18.2 Å². The average Bonchev–Trinajstić information content (AvgIpc) is 2.28. The highest BCUT2D eigenvalue weighted by Gasteiger charge is 2.09. The highest BCUT2D eigenvalue weighted by molar-refractivity contribution is 5.89. The number of ether oxygens (including phenoxy) is 1. The maximum atomic E-state index is 13.2. The summed E-state index contributed by atoms with van der Waals surface area (Å²) in [7, 11) is 0. The van der Waals surface area contributed by atoms with Gasteiger partial charge in [-0.05, 0) is 13.0 Å². The number of nitro benzene ring substituents is 1. The normalized spacial score (nSPS) is 9.06. The fraction of sp³-hybridized carbons (Fsp3) is 0.182. The summed E-state index contributed by atoms with van der Waals surface area (Å²) in [6, 6.07) is 2.90.